The van der Waals surface area contributed by atoms with E-state index in [1.165, 1.54) is 211 Å². The van der Waals surface area contributed by atoms with Crippen LogP contribution in [0.1, 0.15) is 0 Å². The molecule has 0 aliphatic heterocycles. The number of hydrogen-bond donors (Lipinski definition) is 0. The molecular formula is C139H111N5. The van der Waals surface area contributed by atoms with Gasteiger partial charge in [0.15, 0.2) is 0 Å². The highest BCUT2D eigenvalue weighted by Crippen LogP contribution is 2.47. The van der Waals surface area contributed by atoms with E-state index in [0.29, 0.717) is 0 Å². The van der Waals surface area contributed by atoms with Crippen LogP contribution in [0.25, 0.3) is 154 Å². The topological polar surface area (TPSA) is 16.2 Å². The highest BCUT2D eigenvalue weighted by Gasteiger charge is 2.22. The van der Waals surface area contributed by atoms with Crippen LogP contribution in [-0.4, -0.2) is 35.2 Å². The highest BCUT2D eigenvalue weighted by molar-refractivity contribution is 6.05. The third kappa shape index (κ3) is 21.1. The lowest BCUT2D eigenvalue weighted by molar-refractivity contribution is 1.21. The summed E-state index contributed by atoms with van der Waals surface area (Å²) in [6.45, 7) is 0. The van der Waals surface area contributed by atoms with Gasteiger partial charge in [0.25, 0.3) is 0 Å². The van der Waals surface area contributed by atoms with Crippen LogP contribution in [0.4, 0.5) is 56.9 Å². The monoisotopic (exact) mass is 1850 g/mol. The summed E-state index contributed by atoms with van der Waals surface area (Å²) < 4.78 is 0. The Kier molecular flexibility index (Phi) is 28.9. The van der Waals surface area contributed by atoms with Gasteiger partial charge in [-0.15, -0.1) is 0 Å². The van der Waals surface area contributed by atoms with Gasteiger partial charge in [-0.1, -0.05) is 491 Å². The molecule has 0 spiro atoms. The molecule has 24 rings (SSSR count). The van der Waals surface area contributed by atoms with E-state index < -0.39 is 0 Å². The Morgan fingerprint density at radius 2 is 0.354 bits per heavy atom. The van der Waals surface area contributed by atoms with E-state index in [1.807, 2.05) is 0 Å². The van der Waals surface area contributed by atoms with E-state index in [-0.39, 0.29) is 0 Å². The summed E-state index contributed by atoms with van der Waals surface area (Å²) in [5.74, 6) is 0. The lowest BCUT2D eigenvalue weighted by Crippen LogP contribution is -2.11. The van der Waals surface area contributed by atoms with Crippen molar-refractivity contribution in [3.63, 3.8) is 0 Å². The van der Waals surface area contributed by atoms with E-state index in [4.69, 9.17) is 0 Å². The van der Waals surface area contributed by atoms with Gasteiger partial charge < -0.3 is 24.5 Å². The molecule has 0 N–H and O–H groups in total. The van der Waals surface area contributed by atoms with E-state index in [2.05, 4.69) is 642 Å². The van der Waals surface area contributed by atoms with Crippen molar-refractivity contribution < 1.29 is 0 Å². The maximum atomic E-state index is 2.30. The van der Waals surface area contributed by atoms with Gasteiger partial charge in [-0.2, -0.15) is 0 Å². The molecule has 144 heavy (non-hydrogen) atoms. The summed E-state index contributed by atoms with van der Waals surface area (Å²) >= 11 is 0. The van der Waals surface area contributed by atoms with Gasteiger partial charge in [-0.05, 0) is 201 Å². The first kappa shape index (κ1) is 93.2. The number of hydrogen-bond acceptors (Lipinski definition) is 5. The Morgan fingerprint density at radius 3 is 0.778 bits per heavy atom. The quantitative estimate of drug-likeness (QED) is 0.0800. The van der Waals surface area contributed by atoms with Crippen molar-refractivity contribution in [3.8, 4) is 100 Å². The first-order chi connectivity index (χ1) is 71.1. The van der Waals surface area contributed by atoms with E-state index in [9.17, 15) is 0 Å². The average Bonchev–Trinajstić information content (AvgIpc) is 0.777. The lowest BCUT2D eigenvalue weighted by atomic mass is 9.96. The molecule has 0 fully saturated rings. The van der Waals surface area contributed by atoms with Gasteiger partial charge in [0, 0.05) is 131 Å². The zero-order valence-corrected chi connectivity index (χ0v) is 81.7. The molecule has 5 heteroatoms. The molecule has 692 valence electrons. The second kappa shape index (κ2) is 44.6. The van der Waals surface area contributed by atoms with Crippen LogP contribution in [-0.2, 0) is 0 Å². The summed E-state index contributed by atoms with van der Waals surface area (Å²) in [5.41, 5.74) is 34.1. The third-order valence-corrected chi connectivity index (χ3v) is 27.2. The van der Waals surface area contributed by atoms with E-state index >= 15 is 0 Å². The summed E-state index contributed by atoms with van der Waals surface area (Å²) in [6.07, 6.45) is 0. The average molecular weight is 1850 g/mol. The summed E-state index contributed by atoms with van der Waals surface area (Å²) in [4.78, 5) is 11.4. The number of benzene rings is 24. The fourth-order valence-electron chi connectivity index (χ4n) is 19.6. The van der Waals surface area contributed by atoms with Crippen molar-refractivity contribution in [3.05, 3.63) is 582 Å². The summed E-state index contributed by atoms with van der Waals surface area (Å²) in [6, 6.07) is 206. The largest absolute Gasteiger partial charge is 0.344 e. The zero-order valence-electron chi connectivity index (χ0n) is 81.7. The van der Waals surface area contributed by atoms with Gasteiger partial charge in [0.2, 0.25) is 0 Å². The molecule has 24 aromatic carbocycles. The molecule has 0 radical (unpaired) electrons. The Morgan fingerprint density at radius 1 is 0.111 bits per heavy atom. The number of para-hydroxylation sites is 7. The molecule has 0 bridgehead atoms. The molecule has 0 heterocycles. The number of nitrogens with zero attached hydrogens (tertiary/aromatic N) is 5. The van der Waals surface area contributed by atoms with Crippen molar-refractivity contribution in [1.29, 1.82) is 0 Å². The van der Waals surface area contributed by atoms with Crippen molar-refractivity contribution in [2.75, 3.05) is 59.7 Å². The normalized spacial score (nSPS) is 10.8. The minimum atomic E-state index is 1.17. The molecular weight excluding hydrogens is 1740 g/mol. The van der Waals surface area contributed by atoms with E-state index in [1.54, 1.807) is 0 Å². The molecule has 0 amide bonds. The Labute approximate surface area is 847 Å². The molecule has 0 saturated carbocycles. The van der Waals surface area contributed by atoms with Crippen LogP contribution in [0.15, 0.2) is 582 Å². The number of fused-ring (bicyclic) bond motifs is 5. The van der Waals surface area contributed by atoms with Gasteiger partial charge in [0.1, 0.15) is 0 Å². The summed E-state index contributed by atoms with van der Waals surface area (Å²) in [5, 5.41) is 12.7. The molecule has 0 aliphatic carbocycles. The lowest BCUT2D eigenvalue weighted by Gasteiger charge is -2.26. The maximum Gasteiger partial charge on any atom is 0.0567 e. The highest BCUT2D eigenvalue weighted by atomic mass is 15.1. The van der Waals surface area contributed by atoms with Crippen LogP contribution >= 0.6 is 0 Å². The maximum absolute atomic E-state index is 2.30. The van der Waals surface area contributed by atoms with Gasteiger partial charge in [-0.25, -0.2) is 0 Å². The van der Waals surface area contributed by atoms with Crippen molar-refractivity contribution in [2.24, 2.45) is 0 Å². The minimum absolute atomic E-state index is 1.17. The fourth-order valence-corrected chi connectivity index (χ4v) is 19.6. The predicted molar refractivity (Wildman–Crippen MR) is 621 cm³/mol. The van der Waals surface area contributed by atoms with Crippen LogP contribution in [0.2, 0.25) is 0 Å². The number of anilines is 10. The Hall–Kier alpha value is -18.4. The van der Waals surface area contributed by atoms with Gasteiger partial charge >= 0.3 is 0 Å². The Bertz CT molecular complexity index is 8450. The SMILES string of the molecule is CN(c1ccc(-c2ccccc2)cc1)c1ccccc1-c1ccc2ccccc2c1.CN(c1cccc(-c2ccccc2)c1)c1ccccc1-c1ccc2ccccc2c1.CN(c1ccccc1)c1c(-c2ccccc2)ccc2ccccc12.CN(c1ccccc1-c1ccccc1)c1ccccc1-c1ccc2ccccc2c1.CN(c1ccccc1-c1ccccc1)c1ccccc1-c1cccc2ccccc12. The second-order valence-electron chi connectivity index (χ2n) is 36.1. The molecule has 0 saturated heterocycles. The molecule has 0 unspecified atom stereocenters. The van der Waals surface area contributed by atoms with Crippen LogP contribution in [0.5, 0.6) is 0 Å². The number of rotatable bonds is 19. The Balaban J connectivity index is 0.000000110. The second-order valence-corrected chi connectivity index (χ2v) is 36.1. The van der Waals surface area contributed by atoms with Crippen LogP contribution in [0, 0.1) is 0 Å². The fraction of sp³-hybridized carbons (Fsp3) is 0.0360. The molecule has 0 aromatic heterocycles. The zero-order chi connectivity index (χ0) is 97.7. The standard InChI is InChI=1S/4C29H23N.C23H19N/c1-30(28-20-9-7-17-25(28)23-12-3-2-4-13-23)29-21-10-8-18-27(29)26-19-11-15-22-14-5-6-16-24(22)26;1-30(28-17-9-7-15-26(28)23-12-3-2-4-13-23)29-18-10-8-16-27(29)25-20-19-22-11-5-6-14-24(22)21-25;1-30(27-15-9-14-25(21-27)22-10-3-2-4-11-22)29-17-8-7-16-28(29)26-19-18-23-12-5-6-13-24(23)20-26;1-30(27-19-17-24(18-20-27)22-9-3-2-4-10-22)29-14-8-7-13-28(29)26-16-15-23-11-5-6-12-25(23)21-26;1-24(20-13-6-3-7-14-20)23-21-15-9-8-12-19(21)16-17-22(23)18-10-4-2-5-11-18/h4*2-21H,1H3;2-17H,1H3. The smallest absolute Gasteiger partial charge is 0.0567 e. The van der Waals surface area contributed by atoms with Gasteiger partial charge in [-0.3, -0.25) is 0 Å². The minimum Gasteiger partial charge on any atom is -0.344 e. The molecule has 0 aliphatic rings. The van der Waals surface area contributed by atoms with Crippen molar-refractivity contribution in [1.82, 2.24) is 0 Å². The van der Waals surface area contributed by atoms with Crippen LogP contribution in [0.3, 0.4) is 0 Å². The predicted octanol–water partition coefficient (Wildman–Crippen LogP) is 38.0. The van der Waals surface area contributed by atoms with Crippen molar-refractivity contribution in [2.45, 2.75) is 0 Å². The summed E-state index contributed by atoms with van der Waals surface area (Å²) in [7, 11) is 10.7. The third-order valence-electron chi connectivity index (χ3n) is 27.2. The van der Waals surface area contributed by atoms with Crippen LogP contribution < -0.4 is 24.5 Å². The van der Waals surface area contributed by atoms with Crippen molar-refractivity contribution >= 4 is 111 Å². The van der Waals surface area contributed by atoms with E-state index in [0.717, 1.165) is 0 Å². The molecule has 5 nitrogen and oxygen atoms in total. The molecule has 0 atom stereocenters. The first-order valence-corrected chi connectivity index (χ1v) is 49.3. The first-order valence-electron chi connectivity index (χ1n) is 49.3. The van der Waals surface area contributed by atoms with Gasteiger partial charge in [0.05, 0.1) is 5.69 Å². The molecule has 24 aromatic rings.